The fraction of sp³-hybridized carbons (Fsp3) is 0.308. The Kier molecular flexibility index (Phi) is 3.31. The molecule has 1 aliphatic rings. The summed E-state index contributed by atoms with van der Waals surface area (Å²) in [6.07, 6.45) is 6.64. The van der Waals surface area contributed by atoms with Crippen LogP contribution in [0.3, 0.4) is 0 Å². The van der Waals surface area contributed by atoms with Crippen LogP contribution in [0.4, 0.5) is 0 Å². The molecule has 92 valence electrons. The predicted molar refractivity (Wildman–Crippen MR) is 73.8 cm³/mol. The molecule has 0 aromatic carbocycles. The van der Waals surface area contributed by atoms with Crippen LogP contribution in [-0.2, 0) is 6.42 Å². The zero-order valence-corrected chi connectivity index (χ0v) is 11.9. The van der Waals surface area contributed by atoms with Crippen LogP contribution >= 0.6 is 27.5 Å². The molecule has 0 bridgehead atoms. The highest BCUT2D eigenvalue weighted by molar-refractivity contribution is 9.10. The third-order valence-electron chi connectivity index (χ3n) is 2.93. The molecule has 5 heteroatoms. The summed E-state index contributed by atoms with van der Waals surface area (Å²) in [6.45, 7) is 0. The lowest BCUT2D eigenvalue weighted by molar-refractivity contribution is 0.887. The summed E-state index contributed by atoms with van der Waals surface area (Å²) < 4.78 is 0.849. The number of halogens is 2. The van der Waals surface area contributed by atoms with Gasteiger partial charge in [0.05, 0.1) is 10.2 Å². The molecule has 0 atom stereocenters. The highest BCUT2D eigenvalue weighted by atomic mass is 79.9. The number of hydrogen-bond acceptors (Lipinski definition) is 3. The van der Waals surface area contributed by atoms with Crippen LogP contribution in [0.1, 0.15) is 35.8 Å². The van der Waals surface area contributed by atoms with Gasteiger partial charge in [-0.2, -0.15) is 0 Å². The van der Waals surface area contributed by atoms with E-state index in [2.05, 4.69) is 30.9 Å². The van der Waals surface area contributed by atoms with Crippen LogP contribution in [-0.4, -0.2) is 15.0 Å². The molecule has 0 aliphatic heterocycles. The van der Waals surface area contributed by atoms with Crippen molar-refractivity contribution in [3.05, 3.63) is 51.2 Å². The third kappa shape index (κ3) is 2.54. The van der Waals surface area contributed by atoms with Crippen molar-refractivity contribution in [1.82, 2.24) is 15.0 Å². The summed E-state index contributed by atoms with van der Waals surface area (Å²) in [7, 11) is 0. The summed E-state index contributed by atoms with van der Waals surface area (Å²) in [4.78, 5) is 13.0. The number of pyridine rings is 1. The van der Waals surface area contributed by atoms with E-state index in [-0.39, 0.29) is 0 Å². The van der Waals surface area contributed by atoms with E-state index in [9.17, 15) is 0 Å². The van der Waals surface area contributed by atoms with Gasteiger partial charge in [-0.25, -0.2) is 9.97 Å². The molecule has 0 radical (unpaired) electrons. The quantitative estimate of drug-likeness (QED) is 0.807. The van der Waals surface area contributed by atoms with Gasteiger partial charge in [-0.05, 0) is 40.4 Å². The number of rotatable bonds is 3. The Balaban J connectivity index is 1.93. The van der Waals surface area contributed by atoms with E-state index in [1.54, 1.807) is 6.20 Å². The van der Waals surface area contributed by atoms with Crippen LogP contribution in [0.2, 0.25) is 5.15 Å². The lowest BCUT2D eigenvalue weighted by atomic mass is 10.2. The van der Waals surface area contributed by atoms with E-state index in [0.29, 0.717) is 17.5 Å². The molecule has 0 amide bonds. The van der Waals surface area contributed by atoms with Gasteiger partial charge in [0.1, 0.15) is 11.0 Å². The molecule has 2 heterocycles. The Morgan fingerprint density at radius 3 is 2.83 bits per heavy atom. The van der Waals surface area contributed by atoms with Crippen molar-refractivity contribution in [2.75, 3.05) is 0 Å². The first-order chi connectivity index (χ1) is 8.74. The minimum Gasteiger partial charge on any atom is -0.264 e. The normalized spacial score (nSPS) is 14.8. The second-order valence-corrected chi connectivity index (χ2v) is 5.59. The molecule has 3 nitrogen and oxygen atoms in total. The van der Waals surface area contributed by atoms with Crippen molar-refractivity contribution in [2.24, 2.45) is 0 Å². The van der Waals surface area contributed by atoms with Crippen molar-refractivity contribution >= 4 is 27.5 Å². The Morgan fingerprint density at radius 2 is 2.17 bits per heavy atom. The minimum absolute atomic E-state index is 0.505. The van der Waals surface area contributed by atoms with Gasteiger partial charge in [0, 0.05) is 24.7 Å². The smallest absolute Gasteiger partial charge is 0.147 e. The Hall–Kier alpha value is -1.00. The summed E-state index contributed by atoms with van der Waals surface area (Å²) >= 11 is 9.61. The molecule has 3 rings (SSSR count). The maximum Gasteiger partial charge on any atom is 0.147 e. The van der Waals surface area contributed by atoms with E-state index in [4.69, 9.17) is 11.6 Å². The molecule has 1 saturated carbocycles. The van der Waals surface area contributed by atoms with Gasteiger partial charge in [0.15, 0.2) is 0 Å². The molecule has 1 fully saturated rings. The van der Waals surface area contributed by atoms with Crippen molar-refractivity contribution in [3.63, 3.8) is 0 Å². The molecule has 0 N–H and O–H groups in total. The fourth-order valence-electron chi connectivity index (χ4n) is 1.87. The van der Waals surface area contributed by atoms with E-state index >= 15 is 0 Å². The van der Waals surface area contributed by atoms with Crippen LogP contribution in [0, 0.1) is 0 Å². The largest absolute Gasteiger partial charge is 0.264 e. The Bertz CT molecular complexity index is 570. The highest BCUT2D eigenvalue weighted by Gasteiger charge is 2.29. The third-order valence-corrected chi connectivity index (χ3v) is 4.22. The summed E-state index contributed by atoms with van der Waals surface area (Å²) in [6, 6.07) is 3.93. The molecule has 0 spiro atoms. The first kappa shape index (κ1) is 12.1. The minimum atomic E-state index is 0.505. The van der Waals surface area contributed by atoms with Crippen molar-refractivity contribution in [2.45, 2.75) is 25.2 Å². The number of aromatic nitrogens is 3. The second kappa shape index (κ2) is 4.94. The van der Waals surface area contributed by atoms with Gasteiger partial charge in [-0.15, -0.1) is 0 Å². The average Bonchev–Trinajstić information content (AvgIpc) is 3.19. The number of hydrogen-bond donors (Lipinski definition) is 0. The predicted octanol–water partition coefficient (Wildman–Crippen LogP) is 3.76. The molecule has 2 aromatic heterocycles. The first-order valence-electron chi connectivity index (χ1n) is 5.85. The molecule has 0 unspecified atom stereocenters. The number of nitrogens with zero attached hydrogens (tertiary/aromatic N) is 3. The summed E-state index contributed by atoms with van der Waals surface area (Å²) in [5.74, 6) is 1.31. The van der Waals surface area contributed by atoms with Crippen LogP contribution < -0.4 is 0 Å². The average molecular weight is 325 g/mol. The van der Waals surface area contributed by atoms with Gasteiger partial charge in [0.2, 0.25) is 0 Å². The molecular formula is C13H11BrClN3. The lowest BCUT2D eigenvalue weighted by Gasteiger charge is -2.07. The second-order valence-electron chi connectivity index (χ2n) is 4.44. The Labute approximate surface area is 119 Å². The first-order valence-corrected chi connectivity index (χ1v) is 7.02. The molecule has 18 heavy (non-hydrogen) atoms. The van der Waals surface area contributed by atoms with Gasteiger partial charge >= 0.3 is 0 Å². The summed E-state index contributed by atoms with van der Waals surface area (Å²) in [5, 5.41) is 0.505. The van der Waals surface area contributed by atoms with Gasteiger partial charge in [0.25, 0.3) is 0 Å². The van der Waals surface area contributed by atoms with Crippen molar-refractivity contribution in [3.8, 4) is 0 Å². The van der Waals surface area contributed by atoms with Crippen LogP contribution in [0.25, 0.3) is 0 Å². The van der Waals surface area contributed by atoms with Crippen molar-refractivity contribution < 1.29 is 0 Å². The van der Waals surface area contributed by atoms with Gasteiger partial charge in [-0.1, -0.05) is 17.7 Å². The maximum absolute atomic E-state index is 6.14. The van der Waals surface area contributed by atoms with Crippen LogP contribution in [0.5, 0.6) is 0 Å². The molecule has 2 aromatic rings. The van der Waals surface area contributed by atoms with Crippen LogP contribution in [0.15, 0.2) is 29.0 Å². The monoisotopic (exact) mass is 323 g/mol. The highest BCUT2D eigenvalue weighted by Crippen LogP contribution is 2.43. The zero-order valence-electron chi connectivity index (χ0n) is 9.61. The SMILES string of the molecule is Clc1nc(Cc2cccnc2)nc(C2CC2)c1Br. The standard InChI is InChI=1S/C13H11BrClN3/c14-11-12(9-3-4-9)17-10(18-13(11)15)6-8-2-1-5-16-7-8/h1-2,5,7,9H,3-4,6H2. The maximum atomic E-state index is 6.14. The van der Waals surface area contributed by atoms with Gasteiger partial charge < -0.3 is 0 Å². The topological polar surface area (TPSA) is 38.7 Å². The van der Waals surface area contributed by atoms with E-state index in [0.717, 1.165) is 21.6 Å². The lowest BCUT2D eigenvalue weighted by Crippen LogP contribution is -2.02. The van der Waals surface area contributed by atoms with E-state index in [1.165, 1.54) is 12.8 Å². The summed E-state index contributed by atoms with van der Waals surface area (Å²) in [5.41, 5.74) is 2.14. The van der Waals surface area contributed by atoms with E-state index in [1.807, 2.05) is 18.3 Å². The van der Waals surface area contributed by atoms with Gasteiger partial charge in [-0.3, -0.25) is 4.98 Å². The molecule has 0 saturated heterocycles. The Morgan fingerprint density at radius 1 is 1.33 bits per heavy atom. The zero-order chi connectivity index (χ0) is 12.5. The van der Waals surface area contributed by atoms with E-state index < -0.39 is 0 Å². The molecule has 1 aliphatic carbocycles. The molecular weight excluding hydrogens is 314 g/mol. The van der Waals surface area contributed by atoms with Crippen molar-refractivity contribution in [1.29, 1.82) is 0 Å². The fourth-order valence-corrected chi connectivity index (χ4v) is 2.57.